The van der Waals surface area contributed by atoms with E-state index >= 15 is 0 Å². The quantitative estimate of drug-likeness (QED) is 0.305. The molecule has 1 aliphatic rings. The number of aliphatic imine (C=N–C) groups is 1. The van der Waals surface area contributed by atoms with Gasteiger partial charge in [-0.25, -0.2) is 13.8 Å². The minimum Gasteiger partial charge on any atom is -0.353 e. The number of rotatable bonds is 7. The minimum absolute atomic E-state index is 0.0633. The Hall–Kier alpha value is -3.40. The third kappa shape index (κ3) is 6.29. The van der Waals surface area contributed by atoms with Crippen LogP contribution in [-0.2, 0) is 10.7 Å². The van der Waals surface area contributed by atoms with Crippen LogP contribution in [0.5, 0.6) is 0 Å². The normalized spacial score (nSPS) is 17.4. The molecule has 31 heavy (non-hydrogen) atoms. The van der Waals surface area contributed by atoms with Crippen molar-refractivity contribution < 1.29 is 13.6 Å². The Balaban J connectivity index is 2.21. The van der Waals surface area contributed by atoms with Crippen molar-refractivity contribution in [2.45, 2.75) is 32.2 Å². The number of piperazine rings is 1. The van der Waals surface area contributed by atoms with Gasteiger partial charge in [-0.05, 0) is 25.1 Å². The predicted molar refractivity (Wildman–Crippen MR) is 122 cm³/mol. The molecule has 1 aromatic rings. The molecule has 0 radical (unpaired) electrons. The topological polar surface area (TPSA) is 47.9 Å². The zero-order valence-electron chi connectivity index (χ0n) is 17.9. The van der Waals surface area contributed by atoms with Gasteiger partial charge in [0.25, 0.3) is 5.92 Å². The fourth-order valence-electron chi connectivity index (χ4n) is 3.34. The minimum atomic E-state index is -2.90. The molecule has 1 amide bonds. The van der Waals surface area contributed by atoms with Gasteiger partial charge in [0, 0.05) is 50.4 Å². The molecule has 0 bridgehead atoms. The van der Waals surface area contributed by atoms with Crippen molar-refractivity contribution in [3.05, 3.63) is 67.0 Å². The van der Waals surface area contributed by atoms with Crippen molar-refractivity contribution >= 4 is 17.4 Å². The number of allylic oxidation sites excluding steroid dienone is 1. The van der Waals surface area contributed by atoms with E-state index in [9.17, 15) is 13.6 Å². The van der Waals surface area contributed by atoms with E-state index in [4.69, 9.17) is 6.42 Å². The number of hydrogen-bond acceptors (Lipinski definition) is 3. The van der Waals surface area contributed by atoms with Crippen LogP contribution in [0.15, 0.2) is 66.5 Å². The summed E-state index contributed by atoms with van der Waals surface area (Å²) in [5.41, 5.74) is 1.07. The standard InChI is InChI=1S/C24H28F2N4O/c1-6-9-21-17-29(15-16-30(21)22(31)8-3)23(27-14-7-2)18(4)28-20-12-10-19(11-13-20)24(5,25)26/h1,7-8,10-14,21,28H,3-4,9,15-17H2,2,5H3/b14-7-,27-23?. The molecule has 1 aromatic carbocycles. The van der Waals surface area contributed by atoms with Crippen LogP contribution in [0.1, 0.15) is 25.8 Å². The van der Waals surface area contributed by atoms with Crippen molar-refractivity contribution in [3.63, 3.8) is 0 Å². The van der Waals surface area contributed by atoms with E-state index in [1.807, 2.05) is 11.8 Å². The van der Waals surface area contributed by atoms with E-state index in [2.05, 4.69) is 29.4 Å². The zero-order valence-corrected chi connectivity index (χ0v) is 17.9. The number of halogens is 2. The molecule has 1 aliphatic heterocycles. The Bertz CT molecular complexity index is 907. The Kier molecular flexibility index (Phi) is 8.14. The second-order valence-corrected chi connectivity index (χ2v) is 7.25. The average molecular weight is 427 g/mol. The number of anilines is 1. The molecule has 7 heteroatoms. The molecule has 5 nitrogen and oxygen atoms in total. The van der Waals surface area contributed by atoms with E-state index in [-0.39, 0.29) is 17.5 Å². The highest BCUT2D eigenvalue weighted by Gasteiger charge is 2.31. The number of alkyl halides is 2. The van der Waals surface area contributed by atoms with Gasteiger partial charge in [0.05, 0.1) is 11.7 Å². The van der Waals surface area contributed by atoms with Crippen LogP contribution in [0.3, 0.4) is 0 Å². The largest absolute Gasteiger partial charge is 0.353 e. The molecular weight excluding hydrogens is 398 g/mol. The van der Waals surface area contributed by atoms with Gasteiger partial charge in [0.2, 0.25) is 5.91 Å². The number of carbonyl (C=O) groups excluding carboxylic acids is 1. The molecule has 1 atom stereocenters. The summed E-state index contributed by atoms with van der Waals surface area (Å²) in [6.45, 7) is 11.9. The first-order valence-corrected chi connectivity index (χ1v) is 9.96. The fourth-order valence-corrected chi connectivity index (χ4v) is 3.34. The summed E-state index contributed by atoms with van der Waals surface area (Å²) < 4.78 is 26.9. The van der Waals surface area contributed by atoms with Gasteiger partial charge in [-0.2, -0.15) is 0 Å². The smallest absolute Gasteiger partial charge is 0.270 e. The van der Waals surface area contributed by atoms with E-state index in [1.165, 1.54) is 18.2 Å². The number of benzene rings is 1. The van der Waals surface area contributed by atoms with Gasteiger partial charge < -0.3 is 15.1 Å². The van der Waals surface area contributed by atoms with Gasteiger partial charge in [-0.15, -0.1) is 12.3 Å². The van der Waals surface area contributed by atoms with Crippen LogP contribution in [0, 0.1) is 12.3 Å². The monoisotopic (exact) mass is 426 g/mol. The molecule has 1 unspecified atom stereocenters. The van der Waals surface area contributed by atoms with Gasteiger partial charge in [-0.1, -0.05) is 31.4 Å². The summed E-state index contributed by atoms with van der Waals surface area (Å²) in [4.78, 5) is 20.4. The number of amidine groups is 1. The van der Waals surface area contributed by atoms with Crippen LogP contribution in [0.4, 0.5) is 14.5 Å². The summed E-state index contributed by atoms with van der Waals surface area (Å²) in [5.74, 6) is 0.165. The summed E-state index contributed by atoms with van der Waals surface area (Å²) in [6, 6.07) is 5.72. The highest BCUT2D eigenvalue weighted by molar-refractivity contribution is 6.01. The first kappa shape index (κ1) is 23.9. The molecule has 1 N–H and O–H groups in total. The second kappa shape index (κ2) is 10.6. The number of hydrogen-bond donors (Lipinski definition) is 1. The number of amides is 1. The molecule has 0 aromatic heterocycles. The van der Waals surface area contributed by atoms with Crippen molar-refractivity contribution in [1.82, 2.24) is 9.80 Å². The summed E-state index contributed by atoms with van der Waals surface area (Å²) in [6.07, 6.45) is 10.7. The molecule has 0 aliphatic carbocycles. The predicted octanol–water partition coefficient (Wildman–Crippen LogP) is 4.38. The van der Waals surface area contributed by atoms with Crippen molar-refractivity contribution in [2.75, 3.05) is 25.0 Å². The summed E-state index contributed by atoms with van der Waals surface area (Å²) in [5, 5.41) is 3.14. The number of nitrogens with one attached hydrogen (secondary N) is 1. The van der Waals surface area contributed by atoms with Crippen molar-refractivity contribution in [2.24, 2.45) is 4.99 Å². The lowest BCUT2D eigenvalue weighted by Gasteiger charge is -2.42. The second-order valence-electron chi connectivity index (χ2n) is 7.25. The molecule has 164 valence electrons. The third-order valence-corrected chi connectivity index (χ3v) is 4.90. The van der Waals surface area contributed by atoms with Gasteiger partial charge in [-0.3, -0.25) is 4.79 Å². The number of nitrogens with zero attached hydrogens (tertiary/aromatic N) is 3. The lowest BCUT2D eigenvalue weighted by molar-refractivity contribution is -0.129. The summed E-state index contributed by atoms with van der Waals surface area (Å²) >= 11 is 0. The van der Waals surface area contributed by atoms with Crippen LogP contribution in [-0.4, -0.2) is 47.2 Å². The first-order chi connectivity index (χ1) is 14.7. The van der Waals surface area contributed by atoms with E-state index in [0.29, 0.717) is 43.3 Å². The zero-order chi connectivity index (χ0) is 23.0. The van der Waals surface area contributed by atoms with Crippen LogP contribution in [0.25, 0.3) is 0 Å². The Morgan fingerprint density at radius 3 is 2.61 bits per heavy atom. The van der Waals surface area contributed by atoms with Crippen molar-refractivity contribution in [3.8, 4) is 12.3 Å². The molecule has 1 heterocycles. The van der Waals surface area contributed by atoms with Crippen LogP contribution >= 0.6 is 0 Å². The maximum Gasteiger partial charge on any atom is 0.270 e. The van der Waals surface area contributed by atoms with Crippen LogP contribution in [0.2, 0.25) is 0 Å². The van der Waals surface area contributed by atoms with E-state index in [0.717, 1.165) is 6.92 Å². The van der Waals surface area contributed by atoms with Gasteiger partial charge in [0.15, 0.2) is 5.84 Å². The highest BCUT2D eigenvalue weighted by atomic mass is 19.3. The molecular formula is C24H28F2N4O. The summed E-state index contributed by atoms with van der Waals surface area (Å²) in [7, 11) is 0. The molecule has 2 rings (SSSR count). The maximum absolute atomic E-state index is 13.5. The molecule has 0 spiro atoms. The number of terminal acetylenes is 1. The highest BCUT2D eigenvalue weighted by Crippen LogP contribution is 2.28. The fraction of sp³-hybridized carbons (Fsp3) is 0.333. The molecule has 0 saturated carbocycles. The van der Waals surface area contributed by atoms with E-state index < -0.39 is 5.92 Å². The molecule has 1 fully saturated rings. The Morgan fingerprint density at radius 1 is 1.39 bits per heavy atom. The van der Waals surface area contributed by atoms with Crippen LogP contribution < -0.4 is 5.32 Å². The average Bonchev–Trinajstić information content (AvgIpc) is 2.73. The Morgan fingerprint density at radius 2 is 2.06 bits per heavy atom. The Labute approximate surface area is 182 Å². The van der Waals surface area contributed by atoms with Gasteiger partial charge >= 0.3 is 0 Å². The maximum atomic E-state index is 13.5. The van der Waals surface area contributed by atoms with E-state index in [1.54, 1.807) is 29.3 Å². The third-order valence-electron chi connectivity index (χ3n) is 4.90. The number of carbonyl (C=O) groups is 1. The lowest BCUT2D eigenvalue weighted by atomic mass is 10.1. The van der Waals surface area contributed by atoms with Crippen molar-refractivity contribution in [1.29, 1.82) is 0 Å². The molecule has 1 saturated heterocycles. The first-order valence-electron chi connectivity index (χ1n) is 9.96. The van der Waals surface area contributed by atoms with Gasteiger partial charge in [0.1, 0.15) is 0 Å². The SMILES string of the molecule is C#CCC1CN(C(=N/C=C\C)C(=C)Nc2ccc(C(C)(F)F)cc2)CCN1C(=O)C=C. The lowest BCUT2D eigenvalue weighted by Crippen LogP contribution is -2.56.